The van der Waals surface area contributed by atoms with Crippen LogP contribution in [0.15, 0.2) is 24.3 Å². The number of aliphatic carboxylic acids is 1. The van der Waals surface area contributed by atoms with Gasteiger partial charge in [0.1, 0.15) is 6.04 Å². The number of benzene rings is 1. The standard InChI is InChI=1S/C17H26N4O3/c1-20-8-10-21(11-9-20)15-5-3-2-4-13(15)12-19-16(22)7-6-14(18)17(23)24/h2-5,14H,6-12,18H2,1H3,(H,19,22)(H,23,24)/t14-/m0/s1. The van der Waals surface area contributed by atoms with Crippen LogP contribution in [0.3, 0.4) is 0 Å². The Balaban J connectivity index is 1.88. The fourth-order valence-electron chi connectivity index (χ4n) is 2.71. The summed E-state index contributed by atoms with van der Waals surface area (Å²) >= 11 is 0. The first kappa shape index (κ1) is 18.2. The Hall–Kier alpha value is -2.12. The van der Waals surface area contributed by atoms with E-state index in [1.54, 1.807) is 0 Å². The van der Waals surface area contributed by atoms with Crippen molar-refractivity contribution in [3.63, 3.8) is 0 Å². The molecule has 2 rings (SSSR count). The number of anilines is 1. The van der Waals surface area contributed by atoms with E-state index in [1.807, 2.05) is 18.2 Å². The average molecular weight is 334 g/mol. The second-order valence-corrected chi connectivity index (χ2v) is 6.18. The summed E-state index contributed by atoms with van der Waals surface area (Å²) in [7, 11) is 2.12. The van der Waals surface area contributed by atoms with Crippen LogP contribution >= 0.6 is 0 Å². The summed E-state index contributed by atoms with van der Waals surface area (Å²) in [5.74, 6) is -1.26. The first-order chi connectivity index (χ1) is 11.5. The van der Waals surface area contributed by atoms with E-state index in [4.69, 9.17) is 10.8 Å². The molecule has 24 heavy (non-hydrogen) atoms. The van der Waals surface area contributed by atoms with E-state index in [9.17, 15) is 9.59 Å². The predicted octanol–water partition coefficient (Wildman–Crippen LogP) is 0.247. The van der Waals surface area contributed by atoms with Crippen molar-refractivity contribution in [2.24, 2.45) is 5.73 Å². The summed E-state index contributed by atoms with van der Waals surface area (Å²) in [4.78, 5) is 27.2. The average Bonchev–Trinajstić information content (AvgIpc) is 2.58. The number of hydrogen-bond acceptors (Lipinski definition) is 5. The summed E-state index contributed by atoms with van der Waals surface area (Å²) in [6.07, 6.45) is 0.255. The molecule has 4 N–H and O–H groups in total. The number of nitrogens with zero attached hydrogens (tertiary/aromatic N) is 2. The minimum atomic E-state index is -1.08. The number of amides is 1. The fourth-order valence-corrected chi connectivity index (χ4v) is 2.71. The number of carbonyl (C=O) groups is 2. The van der Waals surface area contributed by atoms with Crippen LogP contribution in [-0.4, -0.2) is 61.2 Å². The molecule has 1 amide bonds. The maximum absolute atomic E-state index is 11.9. The maximum atomic E-state index is 11.9. The molecule has 1 fully saturated rings. The monoisotopic (exact) mass is 334 g/mol. The van der Waals surface area contributed by atoms with Gasteiger partial charge < -0.3 is 26.0 Å². The molecule has 1 aromatic rings. The van der Waals surface area contributed by atoms with E-state index < -0.39 is 12.0 Å². The Morgan fingerprint density at radius 2 is 1.92 bits per heavy atom. The van der Waals surface area contributed by atoms with Crippen molar-refractivity contribution in [1.82, 2.24) is 10.2 Å². The molecule has 0 aromatic heterocycles. The lowest BCUT2D eigenvalue weighted by Crippen LogP contribution is -2.45. The highest BCUT2D eigenvalue weighted by Gasteiger charge is 2.17. The molecule has 0 unspecified atom stereocenters. The molecule has 0 aliphatic carbocycles. The minimum absolute atomic E-state index is 0.115. The van der Waals surface area contributed by atoms with E-state index in [0.29, 0.717) is 6.54 Å². The molecule has 0 bridgehead atoms. The van der Waals surface area contributed by atoms with Gasteiger partial charge in [0, 0.05) is 44.8 Å². The number of piperazine rings is 1. The van der Waals surface area contributed by atoms with Gasteiger partial charge in [0.25, 0.3) is 0 Å². The Morgan fingerprint density at radius 3 is 2.58 bits per heavy atom. The SMILES string of the molecule is CN1CCN(c2ccccc2CNC(=O)CC[C@H](N)C(=O)O)CC1. The first-order valence-electron chi connectivity index (χ1n) is 8.24. The summed E-state index contributed by atoms with van der Waals surface area (Å²) < 4.78 is 0. The van der Waals surface area contributed by atoms with Crippen LogP contribution in [0.2, 0.25) is 0 Å². The number of carboxylic acids is 1. The fraction of sp³-hybridized carbons (Fsp3) is 0.529. The van der Waals surface area contributed by atoms with Gasteiger partial charge in [0.05, 0.1) is 0 Å². The van der Waals surface area contributed by atoms with Gasteiger partial charge in [-0.3, -0.25) is 9.59 Å². The lowest BCUT2D eigenvalue weighted by molar-refractivity contribution is -0.138. The second kappa shape index (κ2) is 8.65. The van der Waals surface area contributed by atoms with E-state index in [-0.39, 0.29) is 18.7 Å². The summed E-state index contributed by atoms with van der Waals surface area (Å²) in [6.45, 7) is 4.41. The number of para-hydroxylation sites is 1. The summed E-state index contributed by atoms with van der Waals surface area (Å²) in [5, 5.41) is 11.6. The number of rotatable bonds is 7. The first-order valence-corrected chi connectivity index (χ1v) is 8.24. The normalized spacial score (nSPS) is 16.7. The van der Waals surface area contributed by atoms with E-state index in [0.717, 1.165) is 37.4 Å². The lowest BCUT2D eigenvalue weighted by Gasteiger charge is -2.35. The van der Waals surface area contributed by atoms with E-state index in [2.05, 4.69) is 28.2 Å². The topological polar surface area (TPSA) is 98.9 Å². The van der Waals surface area contributed by atoms with Crippen LogP contribution in [0.5, 0.6) is 0 Å². The van der Waals surface area contributed by atoms with Gasteiger partial charge >= 0.3 is 5.97 Å². The van der Waals surface area contributed by atoms with Crippen LogP contribution < -0.4 is 16.0 Å². The number of nitrogens with two attached hydrogens (primary N) is 1. The molecule has 1 saturated heterocycles. The van der Waals surface area contributed by atoms with Gasteiger partial charge in [-0.25, -0.2) is 0 Å². The van der Waals surface area contributed by atoms with Crippen molar-refractivity contribution >= 4 is 17.6 Å². The minimum Gasteiger partial charge on any atom is -0.480 e. The number of carbonyl (C=O) groups excluding carboxylic acids is 1. The smallest absolute Gasteiger partial charge is 0.320 e. The van der Waals surface area contributed by atoms with Crippen LogP contribution in [0, 0.1) is 0 Å². The highest BCUT2D eigenvalue weighted by atomic mass is 16.4. The van der Waals surface area contributed by atoms with Crippen molar-refractivity contribution in [3.05, 3.63) is 29.8 Å². The molecule has 1 heterocycles. The zero-order chi connectivity index (χ0) is 17.5. The highest BCUT2D eigenvalue weighted by Crippen LogP contribution is 2.21. The molecule has 1 aliphatic heterocycles. The van der Waals surface area contributed by atoms with Gasteiger partial charge in [-0.1, -0.05) is 18.2 Å². The van der Waals surface area contributed by atoms with Crippen LogP contribution in [0.1, 0.15) is 18.4 Å². The molecule has 132 valence electrons. The van der Waals surface area contributed by atoms with Gasteiger partial charge in [-0.2, -0.15) is 0 Å². The molecule has 1 aliphatic rings. The second-order valence-electron chi connectivity index (χ2n) is 6.18. The molecule has 7 nitrogen and oxygen atoms in total. The molecular formula is C17H26N4O3. The molecule has 0 saturated carbocycles. The zero-order valence-corrected chi connectivity index (χ0v) is 14.1. The summed E-state index contributed by atoms with van der Waals surface area (Å²) in [5.41, 5.74) is 7.63. The molecule has 0 radical (unpaired) electrons. The van der Waals surface area contributed by atoms with Crippen molar-refractivity contribution in [3.8, 4) is 0 Å². The quantitative estimate of drug-likeness (QED) is 0.661. The van der Waals surface area contributed by atoms with Crippen molar-refractivity contribution < 1.29 is 14.7 Å². The molecule has 0 spiro atoms. The third kappa shape index (κ3) is 5.21. The van der Waals surface area contributed by atoms with E-state index >= 15 is 0 Å². The third-order valence-corrected chi connectivity index (χ3v) is 4.31. The van der Waals surface area contributed by atoms with Crippen LogP contribution in [0.4, 0.5) is 5.69 Å². The van der Waals surface area contributed by atoms with Gasteiger partial charge in [-0.05, 0) is 25.1 Å². The van der Waals surface area contributed by atoms with Crippen molar-refractivity contribution in [2.75, 3.05) is 38.1 Å². The van der Waals surface area contributed by atoms with Crippen LogP contribution in [0.25, 0.3) is 0 Å². The number of hydrogen-bond donors (Lipinski definition) is 3. The van der Waals surface area contributed by atoms with Crippen molar-refractivity contribution in [2.45, 2.75) is 25.4 Å². The largest absolute Gasteiger partial charge is 0.480 e. The molecular weight excluding hydrogens is 308 g/mol. The predicted molar refractivity (Wildman–Crippen MR) is 92.8 cm³/mol. The number of nitrogens with one attached hydrogen (secondary N) is 1. The zero-order valence-electron chi connectivity index (χ0n) is 14.1. The van der Waals surface area contributed by atoms with E-state index in [1.165, 1.54) is 0 Å². The molecule has 1 aromatic carbocycles. The highest BCUT2D eigenvalue weighted by molar-refractivity contribution is 5.78. The van der Waals surface area contributed by atoms with Crippen LogP contribution in [-0.2, 0) is 16.1 Å². The van der Waals surface area contributed by atoms with Gasteiger partial charge in [0.2, 0.25) is 5.91 Å². The maximum Gasteiger partial charge on any atom is 0.320 e. The Morgan fingerprint density at radius 1 is 1.25 bits per heavy atom. The molecule has 7 heteroatoms. The Kier molecular flexibility index (Phi) is 6.57. The lowest BCUT2D eigenvalue weighted by atomic mass is 10.1. The summed E-state index contributed by atoms with van der Waals surface area (Å²) in [6, 6.07) is 7.06. The Labute approximate surface area is 142 Å². The van der Waals surface area contributed by atoms with Crippen molar-refractivity contribution in [1.29, 1.82) is 0 Å². The Bertz CT molecular complexity index is 571. The number of carboxylic acid groups (broad SMARTS) is 1. The third-order valence-electron chi connectivity index (χ3n) is 4.31. The number of likely N-dealkylation sites (N-methyl/N-ethyl adjacent to an activating group) is 1. The molecule has 1 atom stereocenters. The van der Waals surface area contributed by atoms with Gasteiger partial charge in [0.15, 0.2) is 0 Å². The van der Waals surface area contributed by atoms with Gasteiger partial charge in [-0.15, -0.1) is 0 Å².